The summed E-state index contributed by atoms with van der Waals surface area (Å²) in [7, 11) is 0. The van der Waals surface area contributed by atoms with Gasteiger partial charge in [-0.1, -0.05) is 45.7 Å². The first-order chi connectivity index (χ1) is 13.5. The number of nitrogens with zero attached hydrogens (tertiary/aromatic N) is 3. The summed E-state index contributed by atoms with van der Waals surface area (Å²) in [5, 5.41) is 8.04. The minimum atomic E-state index is -0.430. The molecule has 2 fully saturated rings. The highest BCUT2D eigenvalue weighted by atomic mass is 79.9. The van der Waals surface area contributed by atoms with Gasteiger partial charge in [-0.15, -0.1) is 10.2 Å². The number of rotatable bonds is 4. The molecule has 28 heavy (non-hydrogen) atoms. The molecular formula is C20H21BrClN3O3. The number of carbonyl (C=O) groups excluding carboxylic acids is 1. The van der Waals surface area contributed by atoms with E-state index in [-0.39, 0.29) is 16.8 Å². The number of ether oxygens (including phenoxy) is 2. The van der Waals surface area contributed by atoms with E-state index < -0.39 is 6.09 Å². The zero-order valence-corrected chi connectivity index (χ0v) is 17.9. The van der Waals surface area contributed by atoms with Crippen LogP contribution in [-0.4, -0.2) is 39.1 Å². The molecule has 1 aromatic heterocycles. The van der Waals surface area contributed by atoms with Gasteiger partial charge in [-0.3, -0.25) is 0 Å². The van der Waals surface area contributed by atoms with E-state index >= 15 is 0 Å². The van der Waals surface area contributed by atoms with Gasteiger partial charge in [0.05, 0.1) is 0 Å². The molecule has 2 heterocycles. The molecule has 4 rings (SSSR count). The summed E-state index contributed by atoms with van der Waals surface area (Å²) in [5.41, 5.74) is 2.14. The Balaban J connectivity index is 1.57. The zero-order valence-electron chi connectivity index (χ0n) is 15.5. The van der Waals surface area contributed by atoms with Crippen LogP contribution in [0.15, 0.2) is 24.3 Å². The first kappa shape index (κ1) is 19.5. The molecule has 6 nitrogen and oxygen atoms in total. The lowest BCUT2D eigenvalue weighted by Crippen LogP contribution is -2.40. The van der Waals surface area contributed by atoms with Gasteiger partial charge in [-0.25, -0.2) is 4.79 Å². The molecule has 1 saturated heterocycles. The summed E-state index contributed by atoms with van der Waals surface area (Å²) in [6, 6.07) is 7.55. The summed E-state index contributed by atoms with van der Waals surface area (Å²) in [4.78, 5) is 14.7. The molecule has 0 radical (unpaired) electrons. The number of piperidine rings is 1. The number of para-hydroxylation sites is 1. The Labute approximate surface area is 177 Å². The van der Waals surface area contributed by atoms with Gasteiger partial charge in [0.15, 0.2) is 10.9 Å². The maximum Gasteiger partial charge on any atom is 0.415 e. The molecule has 0 N–H and O–H groups in total. The third-order valence-corrected chi connectivity index (χ3v) is 6.14. The van der Waals surface area contributed by atoms with Crippen LogP contribution in [0, 0.1) is 6.92 Å². The van der Waals surface area contributed by atoms with E-state index in [0.717, 1.165) is 42.6 Å². The van der Waals surface area contributed by atoms with Crippen molar-refractivity contribution in [2.75, 3.05) is 13.1 Å². The van der Waals surface area contributed by atoms with Crippen molar-refractivity contribution >= 4 is 33.6 Å². The number of carbonyl (C=O) groups is 1. The molecule has 1 aliphatic heterocycles. The van der Waals surface area contributed by atoms with Crippen molar-refractivity contribution in [1.82, 2.24) is 15.1 Å². The summed E-state index contributed by atoms with van der Waals surface area (Å²) in [6.45, 7) is 3.27. The molecule has 1 aromatic carbocycles. The van der Waals surface area contributed by atoms with E-state index in [1.165, 1.54) is 6.07 Å². The second-order valence-electron chi connectivity index (χ2n) is 7.24. The van der Waals surface area contributed by atoms with Gasteiger partial charge in [-0.05, 0) is 49.7 Å². The van der Waals surface area contributed by atoms with Crippen LogP contribution in [0.2, 0.25) is 5.15 Å². The van der Waals surface area contributed by atoms with E-state index in [9.17, 15) is 4.79 Å². The number of amides is 1. The average molecular weight is 467 g/mol. The molecule has 8 heteroatoms. The lowest BCUT2D eigenvalue weighted by molar-refractivity contribution is 0.142. The second-order valence-corrected chi connectivity index (χ2v) is 8.92. The Morgan fingerprint density at radius 1 is 1.21 bits per heavy atom. The topological polar surface area (TPSA) is 64.6 Å². The normalized spacial score (nSPS) is 17.5. The first-order valence-electron chi connectivity index (χ1n) is 9.42. The lowest BCUT2D eigenvalue weighted by Gasteiger charge is -2.28. The maximum absolute atomic E-state index is 12.6. The van der Waals surface area contributed by atoms with Crippen LogP contribution in [-0.2, 0) is 0 Å². The molecule has 1 aliphatic carbocycles. The van der Waals surface area contributed by atoms with Crippen LogP contribution in [0.3, 0.4) is 0 Å². The predicted molar refractivity (Wildman–Crippen MR) is 110 cm³/mol. The number of hydrogen-bond acceptors (Lipinski definition) is 5. The third kappa shape index (κ3) is 4.41. The van der Waals surface area contributed by atoms with Gasteiger partial charge in [0.2, 0.25) is 0 Å². The first-order valence-corrected chi connectivity index (χ1v) is 10.7. The number of hydrogen-bond donors (Lipinski definition) is 0. The van der Waals surface area contributed by atoms with Crippen molar-refractivity contribution in [1.29, 1.82) is 0 Å². The molecule has 1 amide bonds. The molecule has 0 spiro atoms. The number of likely N-dealkylation sites (tertiary alicyclic amines) is 1. The quantitative estimate of drug-likeness (QED) is 0.559. The minimum absolute atomic E-state index is 0.140. The van der Waals surface area contributed by atoms with Crippen LogP contribution in [0.1, 0.15) is 42.7 Å². The van der Waals surface area contributed by atoms with Gasteiger partial charge >= 0.3 is 6.09 Å². The van der Waals surface area contributed by atoms with E-state index in [0.29, 0.717) is 23.8 Å². The summed E-state index contributed by atoms with van der Waals surface area (Å²) >= 11 is 9.58. The number of aryl methyl sites for hydroxylation is 1. The Hall–Kier alpha value is -1.86. The standard InChI is InChI=1S/C20H21BrClN3O3/c1-12-3-2-4-15(13-5-6-13)18(12)28-19-16(11-17(22)23-24-19)27-20(26)25-9-7-14(21)8-10-25/h2-4,11,13-14H,5-10H2,1H3. The molecule has 2 aromatic rings. The van der Waals surface area contributed by atoms with Gasteiger partial charge < -0.3 is 14.4 Å². The fourth-order valence-corrected chi connectivity index (χ4v) is 3.85. The molecule has 0 atom stereocenters. The van der Waals surface area contributed by atoms with E-state index in [1.807, 2.05) is 19.1 Å². The fourth-order valence-electron chi connectivity index (χ4n) is 3.30. The van der Waals surface area contributed by atoms with E-state index in [4.69, 9.17) is 21.1 Å². The van der Waals surface area contributed by atoms with Crippen molar-refractivity contribution in [2.45, 2.75) is 43.4 Å². The highest BCUT2D eigenvalue weighted by Gasteiger charge is 2.29. The summed E-state index contributed by atoms with van der Waals surface area (Å²) in [5.74, 6) is 1.58. The SMILES string of the molecule is Cc1cccc(C2CC2)c1Oc1nnc(Cl)cc1OC(=O)N1CCC(Br)CC1. The predicted octanol–water partition coefficient (Wildman–Crippen LogP) is 5.47. The van der Waals surface area contributed by atoms with Crippen LogP contribution < -0.4 is 9.47 Å². The number of benzene rings is 1. The van der Waals surface area contributed by atoms with Gasteiger partial charge in [0, 0.05) is 24.0 Å². The molecule has 0 unspecified atom stereocenters. The monoisotopic (exact) mass is 465 g/mol. The second kappa shape index (κ2) is 8.25. The van der Waals surface area contributed by atoms with Crippen LogP contribution in [0.4, 0.5) is 4.79 Å². The number of halogens is 2. The van der Waals surface area contributed by atoms with E-state index in [1.54, 1.807) is 4.90 Å². The zero-order chi connectivity index (χ0) is 19.7. The molecule has 148 valence electrons. The molecular weight excluding hydrogens is 446 g/mol. The van der Waals surface area contributed by atoms with Gasteiger partial charge in [0.1, 0.15) is 5.75 Å². The Morgan fingerprint density at radius 3 is 2.68 bits per heavy atom. The molecule has 2 aliphatic rings. The average Bonchev–Trinajstić information content (AvgIpc) is 3.51. The van der Waals surface area contributed by atoms with Gasteiger partial charge in [0.25, 0.3) is 5.88 Å². The smallest absolute Gasteiger partial charge is 0.415 e. The van der Waals surface area contributed by atoms with Gasteiger partial charge in [-0.2, -0.15) is 0 Å². The maximum atomic E-state index is 12.6. The van der Waals surface area contributed by atoms with Crippen molar-refractivity contribution in [3.63, 3.8) is 0 Å². The highest BCUT2D eigenvalue weighted by molar-refractivity contribution is 9.09. The fraction of sp³-hybridized carbons (Fsp3) is 0.450. The van der Waals surface area contributed by atoms with Crippen LogP contribution >= 0.6 is 27.5 Å². The van der Waals surface area contributed by atoms with Crippen LogP contribution in [0.25, 0.3) is 0 Å². The molecule has 1 saturated carbocycles. The lowest BCUT2D eigenvalue weighted by atomic mass is 10.1. The van der Waals surface area contributed by atoms with Crippen molar-refractivity contribution < 1.29 is 14.3 Å². The van der Waals surface area contributed by atoms with Crippen molar-refractivity contribution in [2.24, 2.45) is 0 Å². The van der Waals surface area contributed by atoms with Crippen LogP contribution in [0.5, 0.6) is 17.4 Å². The third-order valence-electron chi connectivity index (χ3n) is 5.04. The van der Waals surface area contributed by atoms with Crippen molar-refractivity contribution in [3.05, 3.63) is 40.5 Å². The Kier molecular flexibility index (Phi) is 5.73. The van der Waals surface area contributed by atoms with E-state index in [2.05, 4.69) is 32.2 Å². The van der Waals surface area contributed by atoms with Crippen molar-refractivity contribution in [3.8, 4) is 17.4 Å². The largest absolute Gasteiger partial charge is 0.434 e. The summed E-state index contributed by atoms with van der Waals surface area (Å²) < 4.78 is 11.7. The number of aromatic nitrogens is 2. The Bertz CT molecular complexity index is 883. The highest BCUT2D eigenvalue weighted by Crippen LogP contribution is 2.46. The minimum Gasteiger partial charge on any atom is -0.434 e. The molecule has 0 bridgehead atoms. The number of alkyl halides is 1. The Morgan fingerprint density at radius 2 is 1.96 bits per heavy atom. The summed E-state index contributed by atoms with van der Waals surface area (Å²) in [6.07, 6.45) is 3.65.